The molecule has 34 heavy (non-hydrogen) atoms. The molecule has 1 aromatic carbocycles. The van der Waals surface area contributed by atoms with Crippen molar-refractivity contribution in [1.82, 2.24) is 4.90 Å². The van der Waals surface area contributed by atoms with Gasteiger partial charge in [0.1, 0.15) is 0 Å². The lowest BCUT2D eigenvalue weighted by atomic mass is 9.98. The van der Waals surface area contributed by atoms with Gasteiger partial charge in [0, 0.05) is 37.9 Å². The summed E-state index contributed by atoms with van der Waals surface area (Å²) in [5, 5.41) is 0. The third kappa shape index (κ3) is 8.24. The Morgan fingerprint density at radius 2 is 1.82 bits per heavy atom. The average molecular weight is 512 g/mol. The van der Waals surface area contributed by atoms with Crippen molar-refractivity contribution in [2.75, 3.05) is 45.9 Å². The molecule has 0 saturated heterocycles. The zero-order valence-corrected chi connectivity index (χ0v) is 21.8. The van der Waals surface area contributed by atoms with E-state index in [1.54, 1.807) is 0 Å². The minimum Gasteiger partial charge on any atom is -0.468 e. The molecule has 0 spiro atoms. The predicted molar refractivity (Wildman–Crippen MR) is 132 cm³/mol. The molecular weight excluding hydrogens is 478 g/mol. The van der Waals surface area contributed by atoms with E-state index in [-0.39, 0.29) is 13.0 Å². The van der Waals surface area contributed by atoms with Crippen molar-refractivity contribution in [1.29, 1.82) is 0 Å². The second-order valence-corrected chi connectivity index (χ2v) is 12.6. The summed E-state index contributed by atoms with van der Waals surface area (Å²) in [5.41, 5.74) is 3.21. The van der Waals surface area contributed by atoms with Crippen LogP contribution >= 0.6 is 0 Å². The van der Waals surface area contributed by atoms with Crippen LogP contribution in [0.15, 0.2) is 30.3 Å². The van der Waals surface area contributed by atoms with Crippen LogP contribution in [0.25, 0.3) is 5.57 Å². The Morgan fingerprint density at radius 3 is 2.35 bits per heavy atom. The summed E-state index contributed by atoms with van der Waals surface area (Å²) >= 11 is 0. The highest BCUT2D eigenvalue weighted by atomic mass is 32.2. The van der Waals surface area contributed by atoms with Crippen molar-refractivity contribution < 1.29 is 30.6 Å². The van der Waals surface area contributed by atoms with E-state index in [9.17, 15) is 21.6 Å². The van der Waals surface area contributed by atoms with Crippen LogP contribution in [-0.4, -0.2) is 78.3 Å². The number of unbranched alkanes of at least 4 members (excludes halogenated alkanes) is 1. The quantitative estimate of drug-likeness (QED) is 0.204. The highest BCUT2D eigenvalue weighted by Gasteiger charge is 2.44. The third-order valence-electron chi connectivity index (χ3n) is 5.87. The van der Waals surface area contributed by atoms with Crippen LogP contribution in [0.1, 0.15) is 43.7 Å². The van der Waals surface area contributed by atoms with Crippen LogP contribution < -0.4 is 0 Å². The minimum atomic E-state index is -3.61. The molecule has 0 aliphatic carbocycles. The minimum absolute atomic E-state index is 0.133. The van der Waals surface area contributed by atoms with Crippen LogP contribution in [0.4, 0.5) is 0 Å². The summed E-state index contributed by atoms with van der Waals surface area (Å²) in [6.07, 6.45) is 6.31. The van der Waals surface area contributed by atoms with E-state index in [4.69, 9.17) is 4.74 Å². The first-order chi connectivity index (χ1) is 15.9. The Kier molecular flexibility index (Phi) is 9.88. The van der Waals surface area contributed by atoms with Gasteiger partial charge >= 0.3 is 5.97 Å². The van der Waals surface area contributed by atoms with E-state index in [0.29, 0.717) is 25.9 Å². The third-order valence-corrected chi connectivity index (χ3v) is 8.47. The highest BCUT2D eigenvalue weighted by Crippen LogP contribution is 2.26. The zero-order valence-electron chi connectivity index (χ0n) is 20.2. The Bertz CT molecular complexity index is 1160. The molecule has 0 saturated carbocycles. The van der Waals surface area contributed by atoms with E-state index >= 15 is 0 Å². The normalized spacial score (nSPS) is 16.6. The number of hydrogen-bond acceptors (Lipinski definition) is 8. The van der Waals surface area contributed by atoms with Crippen LogP contribution in [0.3, 0.4) is 0 Å². The monoisotopic (exact) mass is 511 g/mol. The lowest BCUT2D eigenvalue weighted by Gasteiger charge is -2.31. The topological polar surface area (TPSA) is 107 Å². The average Bonchev–Trinajstić information content (AvgIpc) is 2.78. The SMILES string of the molecule is COC(=O)C(C)(CCN1CC=C(c2ccc(C#CCCCOS(C)(=O)=O)cc2)CC1)S(C)(=O)=O. The fourth-order valence-electron chi connectivity index (χ4n) is 3.51. The summed E-state index contributed by atoms with van der Waals surface area (Å²) in [6.45, 7) is 3.48. The molecule has 188 valence electrons. The maximum Gasteiger partial charge on any atom is 0.326 e. The lowest BCUT2D eigenvalue weighted by Crippen LogP contribution is -2.46. The molecule has 0 radical (unpaired) electrons. The summed E-state index contributed by atoms with van der Waals surface area (Å²) in [4.78, 5) is 14.2. The number of esters is 1. The van der Waals surface area contributed by atoms with Crippen LogP contribution in [-0.2, 0) is 33.7 Å². The first kappa shape index (κ1) is 28.1. The summed E-state index contributed by atoms with van der Waals surface area (Å²) < 4.78 is 54.0. The molecule has 0 fully saturated rings. The summed E-state index contributed by atoms with van der Waals surface area (Å²) in [6, 6.07) is 7.96. The molecular formula is C24H33NO7S2. The van der Waals surface area contributed by atoms with Crippen LogP contribution in [0.5, 0.6) is 0 Å². The number of sulfone groups is 1. The van der Waals surface area contributed by atoms with Gasteiger partial charge in [0.25, 0.3) is 10.1 Å². The smallest absolute Gasteiger partial charge is 0.326 e. The number of carbonyl (C=O) groups is 1. The van der Waals surface area contributed by atoms with Gasteiger partial charge in [-0.25, -0.2) is 8.42 Å². The largest absolute Gasteiger partial charge is 0.468 e. The maximum absolute atomic E-state index is 12.2. The molecule has 0 amide bonds. The van der Waals surface area contributed by atoms with E-state index in [1.165, 1.54) is 19.6 Å². The fraction of sp³-hybridized carbons (Fsp3) is 0.542. The van der Waals surface area contributed by atoms with E-state index in [0.717, 1.165) is 36.6 Å². The molecule has 0 N–H and O–H groups in total. The van der Waals surface area contributed by atoms with Crippen molar-refractivity contribution in [2.24, 2.45) is 0 Å². The Hall–Kier alpha value is -2.19. The number of rotatable bonds is 10. The molecule has 1 unspecified atom stereocenters. The van der Waals surface area contributed by atoms with Gasteiger partial charge in [-0.3, -0.25) is 13.9 Å². The Morgan fingerprint density at radius 1 is 1.15 bits per heavy atom. The number of nitrogens with zero attached hydrogens (tertiary/aromatic N) is 1. The molecule has 0 aromatic heterocycles. The van der Waals surface area contributed by atoms with Crippen molar-refractivity contribution in [3.8, 4) is 11.8 Å². The maximum atomic E-state index is 12.2. The molecule has 0 bridgehead atoms. The van der Waals surface area contributed by atoms with Gasteiger partial charge in [-0.2, -0.15) is 8.42 Å². The van der Waals surface area contributed by atoms with Gasteiger partial charge in [-0.05, 0) is 49.5 Å². The van der Waals surface area contributed by atoms with Crippen LogP contribution in [0.2, 0.25) is 0 Å². The first-order valence-corrected chi connectivity index (χ1v) is 14.7. The summed E-state index contributed by atoms with van der Waals surface area (Å²) in [7, 11) is -5.81. The van der Waals surface area contributed by atoms with E-state index in [2.05, 4.69) is 27.0 Å². The van der Waals surface area contributed by atoms with Gasteiger partial charge in [0.15, 0.2) is 14.6 Å². The van der Waals surface area contributed by atoms with Crippen molar-refractivity contribution in [2.45, 2.75) is 37.4 Å². The van der Waals surface area contributed by atoms with Crippen molar-refractivity contribution >= 4 is 31.5 Å². The molecule has 1 aliphatic heterocycles. The van der Waals surface area contributed by atoms with Crippen LogP contribution in [0, 0.1) is 11.8 Å². The number of ether oxygens (including phenoxy) is 1. The summed E-state index contributed by atoms with van der Waals surface area (Å²) in [5.74, 6) is 5.36. The second-order valence-electron chi connectivity index (χ2n) is 8.53. The van der Waals surface area contributed by atoms with E-state index in [1.807, 2.05) is 24.3 Å². The van der Waals surface area contributed by atoms with E-state index < -0.39 is 30.7 Å². The zero-order chi connectivity index (χ0) is 25.4. The molecule has 10 heteroatoms. The number of benzene rings is 1. The van der Waals surface area contributed by atoms with Gasteiger partial charge < -0.3 is 4.74 Å². The van der Waals surface area contributed by atoms with Crippen molar-refractivity contribution in [3.63, 3.8) is 0 Å². The number of hydrogen-bond donors (Lipinski definition) is 0. The molecule has 1 aromatic rings. The predicted octanol–water partition coefficient (Wildman–Crippen LogP) is 2.25. The van der Waals surface area contributed by atoms with Crippen molar-refractivity contribution in [3.05, 3.63) is 41.5 Å². The molecule has 2 rings (SSSR count). The molecule has 1 heterocycles. The van der Waals surface area contributed by atoms with Gasteiger partial charge in [-0.1, -0.05) is 30.0 Å². The highest BCUT2D eigenvalue weighted by molar-refractivity contribution is 7.92. The van der Waals surface area contributed by atoms with Gasteiger partial charge in [-0.15, -0.1) is 0 Å². The van der Waals surface area contributed by atoms with Gasteiger partial charge in [0.2, 0.25) is 0 Å². The molecule has 1 aliphatic rings. The molecule has 1 atom stereocenters. The Labute approximate surface area is 203 Å². The second kappa shape index (κ2) is 12.0. The number of carbonyl (C=O) groups excluding carboxylic acids is 1. The standard InChI is InChI=1S/C24H33NO7S2/c1-24(23(26)31-2,33(3,27)28)15-18-25-16-13-22(14-17-25)21-11-9-20(10-12-21)8-6-5-7-19-32-34(4,29)30/h9-13H,5,7,14-19H2,1-4H3. The number of methoxy groups -OCH3 is 1. The Balaban J connectivity index is 1.89. The first-order valence-electron chi connectivity index (χ1n) is 11.0. The fourth-order valence-corrected chi connectivity index (χ4v) is 4.77. The lowest BCUT2D eigenvalue weighted by molar-refractivity contribution is -0.143. The van der Waals surface area contributed by atoms with Gasteiger partial charge in [0.05, 0.1) is 20.0 Å². The molecule has 8 nitrogen and oxygen atoms in total.